The molecule has 1 aliphatic heterocycles. The van der Waals surface area contributed by atoms with E-state index in [4.69, 9.17) is 9.57 Å². The number of ether oxygens (including phenoxy) is 1. The minimum absolute atomic E-state index is 0.312. The lowest BCUT2D eigenvalue weighted by atomic mass is 10.0. The van der Waals surface area contributed by atoms with Gasteiger partial charge in [-0.3, -0.25) is 0 Å². The molecule has 0 N–H and O–H groups in total. The number of allylic oxidation sites excluding steroid dienone is 1. The van der Waals surface area contributed by atoms with Gasteiger partial charge in [0.05, 0.1) is 19.7 Å². The number of unbranched alkanes of at least 4 members (excludes halogenated alkanes) is 8. The summed E-state index contributed by atoms with van der Waals surface area (Å²) in [6.07, 6.45) is 19.8. The van der Waals surface area contributed by atoms with E-state index in [0.29, 0.717) is 6.04 Å². The first-order chi connectivity index (χ1) is 16.3. The molecule has 3 nitrogen and oxygen atoms in total. The Kier molecular flexibility index (Phi) is 11.1. The Morgan fingerprint density at radius 3 is 2.15 bits per heavy atom. The molecule has 0 radical (unpaired) electrons. The number of hydrogen-bond donors (Lipinski definition) is 0. The van der Waals surface area contributed by atoms with Crippen LogP contribution in [-0.4, -0.2) is 18.2 Å². The van der Waals surface area contributed by atoms with Crippen LogP contribution in [0.3, 0.4) is 0 Å². The topological polar surface area (TPSA) is 21.7 Å². The standard InChI is InChI=1S/C30H41NO2/c1-3-4-5-6-7-8-9-10-14-17-28-24-30(23-18-26-15-12-11-13-16-26)33-31(28)25-27-19-21-29(32-2)22-20-27/h11-13,15-16,18-24,28H,3-10,14,17,25H2,1-2H3/b23-18+. The third-order valence-electron chi connectivity index (χ3n) is 6.29. The van der Waals surface area contributed by atoms with Crippen molar-refractivity contribution >= 4 is 6.08 Å². The first-order valence-electron chi connectivity index (χ1n) is 12.8. The largest absolute Gasteiger partial charge is 0.497 e. The molecule has 0 bridgehead atoms. The lowest BCUT2D eigenvalue weighted by molar-refractivity contribution is -0.123. The molecule has 0 saturated carbocycles. The summed E-state index contributed by atoms with van der Waals surface area (Å²) in [7, 11) is 1.70. The minimum Gasteiger partial charge on any atom is -0.497 e. The van der Waals surface area contributed by atoms with Crippen molar-refractivity contribution in [1.29, 1.82) is 0 Å². The van der Waals surface area contributed by atoms with Crippen molar-refractivity contribution in [2.24, 2.45) is 0 Å². The molecule has 2 aromatic rings. The van der Waals surface area contributed by atoms with Crippen molar-refractivity contribution in [3.05, 3.63) is 83.6 Å². The van der Waals surface area contributed by atoms with Crippen LogP contribution in [0.5, 0.6) is 5.75 Å². The van der Waals surface area contributed by atoms with Crippen LogP contribution in [0.1, 0.15) is 82.3 Å². The number of hydroxylamine groups is 2. The predicted molar refractivity (Wildman–Crippen MR) is 139 cm³/mol. The molecular weight excluding hydrogens is 406 g/mol. The van der Waals surface area contributed by atoms with Crippen LogP contribution in [0, 0.1) is 0 Å². The van der Waals surface area contributed by atoms with Crippen LogP contribution in [-0.2, 0) is 11.4 Å². The highest BCUT2D eigenvalue weighted by Gasteiger charge is 2.25. The Morgan fingerprint density at radius 2 is 1.48 bits per heavy atom. The average molecular weight is 448 g/mol. The normalized spacial score (nSPS) is 16.2. The lowest BCUT2D eigenvalue weighted by Gasteiger charge is -2.23. The molecule has 3 rings (SSSR count). The summed E-state index contributed by atoms with van der Waals surface area (Å²) in [4.78, 5) is 6.27. The Hall–Kier alpha value is -2.52. The molecule has 0 amide bonds. The van der Waals surface area contributed by atoms with Gasteiger partial charge in [0.1, 0.15) is 11.5 Å². The van der Waals surface area contributed by atoms with E-state index in [0.717, 1.165) is 24.5 Å². The number of nitrogens with zero attached hydrogens (tertiary/aromatic N) is 1. The van der Waals surface area contributed by atoms with Crippen molar-refractivity contribution in [1.82, 2.24) is 5.06 Å². The monoisotopic (exact) mass is 447 g/mol. The average Bonchev–Trinajstić information content (AvgIpc) is 3.24. The summed E-state index contributed by atoms with van der Waals surface area (Å²) in [5.74, 6) is 1.82. The molecule has 0 aliphatic carbocycles. The number of rotatable bonds is 15. The zero-order valence-electron chi connectivity index (χ0n) is 20.5. The minimum atomic E-state index is 0.312. The maximum absolute atomic E-state index is 6.27. The zero-order chi connectivity index (χ0) is 23.1. The fraction of sp³-hybridized carbons (Fsp3) is 0.467. The van der Waals surface area contributed by atoms with E-state index in [-0.39, 0.29) is 0 Å². The third kappa shape index (κ3) is 9.09. The molecule has 2 aromatic carbocycles. The van der Waals surface area contributed by atoms with Crippen molar-refractivity contribution in [2.45, 2.75) is 83.7 Å². The highest BCUT2D eigenvalue weighted by Crippen LogP contribution is 2.27. The fourth-order valence-electron chi connectivity index (χ4n) is 4.29. The molecule has 3 heteroatoms. The molecule has 1 unspecified atom stereocenters. The Morgan fingerprint density at radius 1 is 0.818 bits per heavy atom. The molecule has 178 valence electrons. The first-order valence-corrected chi connectivity index (χ1v) is 12.8. The lowest BCUT2D eigenvalue weighted by Crippen LogP contribution is -2.28. The molecule has 1 heterocycles. The molecule has 0 aromatic heterocycles. The second-order valence-electron chi connectivity index (χ2n) is 9.01. The van der Waals surface area contributed by atoms with Gasteiger partial charge in [-0.2, -0.15) is 0 Å². The molecule has 0 saturated heterocycles. The van der Waals surface area contributed by atoms with Crippen LogP contribution in [0.2, 0.25) is 0 Å². The Labute approximate surface area is 201 Å². The molecule has 1 atom stereocenters. The predicted octanol–water partition coefficient (Wildman–Crippen LogP) is 8.33. The smallest absolute Gasteiger partial charge is 0.145 e. The summed E-state index contributed by atoms with van der Waals surface area (Å²) in [6.45, 7) is 3.05. The van der Waals surface area contributed by atoms with Gasteiger partial charge in [0.15, 0.2) is 0 Å². The highest BCUT2D eigenvalue weighted by molar-refractivity contribution is 5.52. The Balaban J connectivity index is 1.51. The van der Waals surface area contributed by atoms with Gasteiger partial charge < -0.3 is 9.57 Å². The van der Waals surface area contributed by atoms with E-state index in [1.807, 2.05) is 18.2 Å². The maximum atomic E-state index is 6.27. The maximum Gasteiger partial charge on any atom is 0.145 e. The molecule has 1 aliphatic rings. The molecule has 0 fully saturated rings. The van der Waals surface area contributed by atoms with E-state index < -0.39 is 0 Å². The zero-order valence-corrected chi connectivity index (χ0v) is 20.5. The van der Waals surface area contributed by atoms with Crippen LogP contribution in [0.25, 0.3) is 6.08 Å². The van der Waals surface area contributed by atoms with Gasteiger partial charge in [0, 0.05) is 0 Å². The van der Waals surface area contributed by atoms with Gasteiger partial charge in [-0.1, -0.05) is 113 Å². The molecule has 0 spiro atoms. The number of benzene rings is 2. The fourth-order valence-corrected chi connectivity index (χ4v) is 4.29. The summed E-state index contributed by atoms with van der Waals surface area (Å²) in [5, 5.41) is 2.14. The van der Waals surface area contributed by atoms with Crippen LogP contribution < -0.4 is 4.74 Å². The van der Waals surface area contributed by atoms with Gasteiger partial charge in [0.25, 0.3) is 0 Å². The number of hydrogen-bond acceptors (Lipinski definition) is 3. The third-order valence-corrected chi connectivity index (χ3v) is 6.29. The van der Waals surface area contributed by atoms with Crippen molar-refractivity contribution in [3.63, 3.8) is 0 Å². The van der Waals surface area contributed by atoms with Crippen molar-refractivity contribution in [3.8, 4) is 5.75 Å². The second-order valence-corrected chi connectivity index (χ2v) is 9.01. The quantitative estimate of drug-likeness (QED) is 0.256. The van der Waals surface area contributed by atoms with Crippen LogP contribution in [0.4, 0.5) is 0 Å². The van der Waals surface area contributed by atoms with E-state index in [9.17, 15) is 0 Å². The van der Waals surface area contributed by atoms with Gasteiger partial charge >= 0.3 is 0 Å². The van der Waals surface area contributed by atoms with E-state index in [1.54, 1.807) is 7.11 Å². The summed E-state index contributed by atoms with van der Waals surface area (Å²) < 4.78 is 5.30. The summed E-state index contributed by atoms with van der Waals surface area (Å²) in [5.41, 5.74) is 2.42. The number of methoxy groups -OCH3 is 1. The van der Waals surface area contributed by atoms with Gasteiger partial charge in [-0.15, -0.1) is 5.06 Å². The van der Waals surface area contributed by atoms with Gasteiger partial charge in [-0.05, 0) is 41.8 Å². The second kappa shape index (κ2) is 14.6. The Bertz CT molecular complexity index is 841. The van der Waals surface area contributed by atoms with Crippen LogP contribution >= 0.6 is 0 Å². The highest BCUT2D eigenvalue weighted by atomic mass is 16.7. The van der Waals surface area contributed by atoms with E-state index in [2.05, 4.69) is 66.6 Å². The van der Waals surface area contributed by atoms with Crippen molar-refractivity contribution < 1.29 is 9.57 Å². The van der Waals surface area contributed by atoms with E-state index >= 15 is 0 Å². The van der Waals surface area contributed by atoms with Gasteiger partial charge in [-0.25, -0.2) is 0 Å². The molecular formula is C30H41NO2. The SMILES string of the molecule is CCCCCCCCCCCC1C=C(/C=C/c2ccccc2)ON1Cc1ccc(OC)cc1. The van der Waals surface area contributed by atoms with E-state index in [1.165, 1.54) is 68.9 Å². The first kappa shape index (κ1) is 25.1. The summed E-state index contributed by atoms with van der Waals surface area (Å²) >= 11 is 0. The van der Waals surface area contributed by atoms with Gasteiger partial charge in [0.2, 0.25) is 0 Å². The van der Waals surface area contributed by atoms with Crippen molar-refractivity contribution in [2.75, 3.05) is 7.11 Å². The van der Waals surface area contributed by atoms with Crippen LogP contribution in [0.15, 0.2) is 72.5 Å². The molecule has 33 heavy (non-hydrogen) atoms. The summed E-state index contributed by atoms with van der Waals surface area (Å²) in [6, 6.07) is 19.0.